The first-order valence-electron chi connectivity index (χ1n) is 8.23. The average molecular weight is 372 g/mol. The van der Waals surface area contributed by atoms with E-state index in [1.165, 1.54) is 0 Å². The third-order valence-electron chi connectivity index (χ3n) is 3.96. The molecule has 0 aromatic heterocycles. The van der Waals surface area contributed by atoms with Crippen LogP contribution in [0.3, 0.4) is 0 Å². The summed E-state index contributed by atoms with van der Waals surface area (Å²) in [5.41, 5.74) is 2.34. The number of aryl methyl sites for hydroxylation is 1. The maximum absolute atomic E-state index is 12.2. The highest BCUT2D eigenvalue weighted by Gasteiger charge is 2.17. The van der Waals surface area contributed by atoms with Crippen LogP contribution in [0, 0.1) is 6.92 Å². The van der Waals surface area contributed by atoms with E-state index in [9.17, 15) is 13.2 Å². The van der Waals surface area contributed by atoms with Gasteiger partial charge < -0.3 is 10.1 Å². The zero-order valence-corrected chi connectivity index (χ0v) is 15.2. The third-order valence-corrected chi connectivity index (χ3v) is 5.43. The number of hydrogen-bond donors (Lipinski definition) is 2. The van der Waals surface area contributed by atoms with Gasteiger partial charge >= 0.3 is 0 Å². The highest BCUT2D eigenvalue weighted by molar-refractivity contribution is 7.89. The number of rotatable bonds is 6. The number of nitrogens with one attached hydrogen (secondary N) is 2. The fourth-order valence-corrected chi connectivity index (χ4v) is 3.55. The van der Waals surface area contributed by atoms with Crippen molar-refractivity contribution >= 4 is 22.0 Å². The number of carbonyl (C=O) groups is 1. The molecule has 1 heterocycles. The lowest BCUT2D eigenvalue weighted by atomic mass is 10.1. The lowest BCUT2D eigenvalue weighted by Crippen LogP contribution is -2.36. The van der Waals surface area contributed by atoms with Crippen LogP contribution < -0.4 is 14.8 Å². The molecule has 0 aliphatic carbocycles. The second-order valence-corrected chi connectivity index (χ2v) is 7.73. The van der Waals surface area contributed by atoms with Gasteiger partial charge in [0.05, 0.1) is 10.5 Å². The Morgan fingerprint density at radius 3 is 2.58 bits per heavy atom. The Morgan fingerprint density at radius 1 is 1.08 bits per heavy atom. The molecule has 1 amide bonds. The molecule has 3 rings (SSSR count). The van der Waals surface area contributed by atoms with Gasteiger partial charge in [0.2, 0.25) is 10.0 Å². The molecule has 2 N–H and O–H groups in total. The number of amides is 1. The van der Waals surface area contributed by atoms with Crippen LogP contribution in [0.4, 0.5) is 0 Å². The summed E-state index contributed by atoms with van der Waals surface area (Å²) in [7, 11) is -3.58. The highest BCUT2D eigenvalue weighted by atomic mass is 32.2. The van der Waals surface area contributed by atoms with Crippen molar-refractivity contribution in [1.29, 1.82) is 0 Å². The summed E-state index contributed by atoms with van der Waals surface area (Å²) in [6, 6.07) is 14.1. The van der Waals surface area contributed by atoms with E-state index in [1.54, 1.807) is 30.3 Å². The van der Waals surface area contributed by atoms with Gasteiger partial charge in [0.25, 0.3) is 5.91 Å². The van der Waals surface area contributed by atoms with Crippen LogP contribution in [0.25, 0.3) is 6.08 Å². The second kappa shape index (κ2) is 7.72. The number of fused-ring (bicyclic) bond motifs is 1. The van der Waals surface area contributed by atoms with Crippen LogP contribution in [-0.2, 0) is 14.8 Å². The molecule has 26 heavy (non-hydrogen) atoms. The monoisotopic (exact) mass is 372 g/mol. The molecule has 0 saturated carbocycles. The van der Waals surface area contributed by atoms with Crippen LogP contribution in [0.2, 0.25) is 0 Å². The number of ether oxygens (including phenoxy) is 1. The minimum Gasteiger partial charge on any atom is -0.488 e. The molecule has 0 atom stereocenters. The van der Waals surface area contributed by atoms with E-state index in [0.29, 0.717) is 5.57 Å². The molecule has 1 aliphatic rings. The zero-order valence-electron chi connectivity index (χ0n) is 14.4. The maximum atomic E-state index is 12.2. The van der Waals surface area contributed by atoms with Crippen molar-refractivity contribution in [3.63, 3.8) is 0 Å². The van der Waals surface area contributed by atoms with Gasteiger partial charge in [0.15, 0.2) is 0 Å². The number of sulfonamides is 1. The normalized spacial score (nSPS) is 13.3. The first-order valence-corrected chi connectivity index (χ1v) is 9.71. The lowest BCUT2D eigenvalue weighted by molar-refractivity contribution is -0.117. The van der Waals surface area contributed by atoms with Crippen molar-refractivity contribution in [2.75, 3.05) is 19.7 Å². The lowest BCUT2D eigenvalue weighted by Gasteiger charge is -2.17. The van der Waals surface area contributed by atoms with Crippen molar-refractivity contribution in [2.45, 2.75) is 11.8 Å². The SMILES string of the molecule is Cc1ccc(S(=O)(=O)NCCNC(=O)C2=Cc3ccccc3OC2)cc1. The number of hydrogen-bond acceptors (Lipinski definition) is 4. The molecular formula is C19H20N2O4S. The van der Waals surface area contributed by atoms with Gasteiger partial charge in [0, 0.05) is 18.7 Å². The minimum absolute atomic E-state index is 0.104. The molecule has 0 radical (unpaired) electrons. The van der Waals surface area contributed by atoms with Crippen LogP contribution in [0.5, 0.6) is 5.75 Å². The Bertz CT molecular complexity index is 934. The first-order chi connectivity index (χ1) is 12.5. The molecule has 2 aromatic carbocycles. The Hall–Kier alpha value is -2.64. The molecule has 2 aromatic rings. The Morgan fingerprint density at radius 2 is 1.81 bits per heavy atom. The highest BCUT2D eigenvalue weighted by Crippen LogP contribution is 2.25. The van der Waals surface area contributed by atoms with Crippen LogP contribution in [0.1, 0.15) is 11.1 Å². The number of benzene rings is 2. The summed E-state index contributed by atoms with van der Waals surface area (Å²) in [5, 5.41) is 2.70. The number of para-hydroxylation sites is 1. The van der Waals surface area contributed by atoms with E-state index in [4.69, 9.17) is 4.74 Å². The molecule has 136 valence electrons. The molecule has 0 unspecified atom stereocenters. The first kappa shape index (κ1) is 18.2. The summed E-state index contributed by atoms with van der Waals surface area (Å²) < 4.78 is 32.4. The van der Waals surface area contributed by atoms with Gasteiger partial charge in [-0.1, -0.05) is 35.9 Å². The molecule has 0 fully saturated rings. The fourth-order valence-electron chi connectivity index (χ4n) is 2.52. The van der Waals surface area contributed by atoms with Crippen LogP contribution >= 0.6 is 0 Å². The molecule has 0 bridgehead atoms. The predicted molar refractivity (Wildman–Crippen MR) is 99.3 cm³/mol. The zero-order chi connectivity index (χ0) is 18.6. The molecule has 0 spiro atoms. The summed E-state index contributed by atoms with van der Waals surface area (Å²) in [4.78, 5) is 12.4. The van der Waals surface area contributed by atoms with Crippen molar-refractivity contribution in [1.82, 2.24) is 10.0 Å². The van der Waals surface area contributed by atoms with Crippen molar-refractivity contribution in [3.8, 4) is 5.75 Å². The molecule has 6 nitrogen and oxygen atoms in total. The summed E-state index contributed by atoms with van der Waals surface area (Å²) in [5.74, 6) is 0.476. The van der Waals surface area contributed by atoms with E-state index in [1.807, 2.05) is 31.2 Å². The van der Waals surface area contributed by atoms with Crippen molar-refractivity contribution < 1.29 is 17.9 Å². The molecule has 0 saturated heterocycles. The van der Waals surface area contributed by atoms with E-state index < -0.39 is 10.0 Å². The summed E-state index contributed by atoms with van der Waals surface area (Å²) >= 11 is 0. The van der Waals surface area contributed by atoms with Gasteiger partial charge in [-0.3, -0.25) is 4.79 Å². The molecule has 1 aliphatic heterocycles. The van der Waals surface area contributed by atoms with E-state index >= 15 is 0 Å². The number of carbonyl (C=O) groups excluding carboxylic acids is 1. The maximum Gasteiger partial charge on any atom is 0.250 e. The summed E-state index contributed by atoms with van der Waals surface area (Å²) in [6.07, 6.45) is 1.78. The standard InChI is InChI=1S/C19H20N2O4S/c1-14-6-8-17(9-7-14)26(23,24)21-11-10-20-19(22)16-12-15-4-2-3-5-18(15)25-13-16/h2-9,12,21H,10-11,13H2,1H3,(H,20,22). The summed E-state index contributed by atoms with van der Waals surface area (Å²) in [6.45, 7) is 2.37. The quantitative estimate of drug-likeness (QED) is 0.758. The molecular weight excluding hydrogens is 352 g/mol. The predicted octanol–water partition coefficient (Wildman–Crippen LogP) is 1.87. The Labute approximate surface area is 152 Å². The van der Waals surface area contributed by atoms with E-state index in [-0.39, 0.29) is 30.5 Å². The van der Waals surface area contributed by atoms with Crippen molar-refractivity contribution in [3.05, 3.63) is 65.2 Å². The Balaban J connectivity index is 1.52. The minimum atomic E-state index is -3.58. The van der Waals surface area contributed by atoms with Gasteiger partial charge in [-0.25, -0.2) is 13.1 Å². The van der Waals surface area contributed by atoms with E-state index in [0.717, 1.165) is 16.9 Å². The van der Waals surface area contributed by atoms with Crippen LogP contribution in [0.15, 0.2) is 59.0 Å². The molecule has 7 heteroatoms. The van der Waals surface area contributed by atoms with E-state index in [2.05, 4.69) is 10.0 Å². The fraction of sp³-hybridized carbons (Fsp3) is 0.211. The third kappa shape index (κ3) is 4.30. The largest absolute Gasteiger partial charge is 0.488 e. The van der Waals surface area contributed by atoms with Gasteiger partial charge in [-0.15, -0.1) is 0 Å². The van der Waals surface area contributed by atoms with Gasteiger partial charge in [-0.2, -0.15) is 0 Å². The topological polar surface area (TPSA) is 84.5 Å². The van der Waals surface area contributed by atoms with Crippen molar-refractivity contribution in [2.24, 2.45) is 0 Å². The Kier molecular flexibility index (Phi) is 5.39. The average Bonchev–Trinajstić information content (AvgIpc) is 2.65. The van der Waals surface area contributed by atoms with Gasteiger partial charge in [-0.05, 0) is 31.2 Å². The van der Waals surface area contributed by atoms with Crippen LogP contribution in [-0.4, -0.2) is 34.0 Å². The smallest absolute Gasteiger partial charge is 0.250 e. The second-order valence-electron chi connectivity index (χ2n) is 5.96. The van der Waals surface area contributed by atoms with Gasteiger partial charge in [0.1, 0.15) is 12.4 Å².